The van der Waals surface area contributed by atoms with Gasteiger partial charge < -0.3 is 10.1 Å². The van der Waals surface area contributed by atoms with Gasteiger partial charge in [0.05, 0.1) is 6.10 Å². The molecule has 0 radical (unpaired) electrons. The lowest BCUT2D eigenvalue weighted by molar-refractivity contribution is -0.194. The Kier molecular flexibility index (Phi) is 3.80. The van der Waals surface area contributed by atoms with Crippen molar-refractivity contribution in [3.8, 4) is 12.3 Å². The lowest BCUT2D eigenvalue weighted by Gasteiger charge is -2.60. The van der Waals surface area contributed by atoms with E-state index in [0.29, 0.717) is 24.1 Å². The molecule has 4 unspecified atom stereocenters. The first kappa shape index (κ1) is 12.9. The molecule has 1 aliphatic heterocycles. The van der Waals surface area contributed by atoms with Crippen molar-refractivity contribution in [1.29, 1.82) is 0 Å². The third-order valence-corrected chi connectivity index (χ3v) is 4.60. The molecule has 2 aliphatic rings. The van der Waals surface area contributed by atoms with Crippen LogP contribution in [-0.2, 0) is 4.74 Å². The first-order valence-electron chi connectivity index (χ1n) is 6.92. The number of rotatable bonds is 4. The van der Waals surface area contributed by atoms with Crippen LogP contribution in [0.1, 0.15) is 46.5 Å². The highest BCUT2D eigenvalue weighted by molar-refractivity contribution is 5.11. The van der Waals surface area contributed by atoms with Crippen molar-refractivity contribution in [3.63, 3.8) is 0 Å². The van der Waals surface area contributed by atoms with E-state index in [1.807, 2.05) is 0 Å². The lowest BCUT2D eigenvalue weighted by Crippen LogP contribution is -2.70. The van der Waals surface area contributed by atoms with Gasteiger partial charge in [-0.2, -0.15) is 0 Å². The van der Waals surface area contributed by atoms with E-state index in [2.05, 4.69) is 32.0 Å². The SMILES string of the molecule is C#CCC(CC)NC1C2CCCOC2C1(C)C. The lowest BCUT2D eigenvalue weighted by atomic mass is 9.55. The number of terminal acetylenes is 1. The van der Waals surface area contributed by atoms with Crippen molar-refractivity contribution in [2.75, 3.05) is 6.61 Å². The second-order valence-corrected chi connectivity index (χ2v) is 6.08. The van der Waals surface area contributed by atoms with Gasteiger partial charge in [-0.15, -0.1) is 12.3 Å². The topological polar surface area (TPSA) is 21.3 Å². The third-order valence-electron chi connectivity index (χ3n) is 4.60. The second-order valence-electron chi connectivity index (χ2n) is 6.08. The van der Waals surface area contributed by atoms with Crippen molar-refractivity contribution in [3.05, 3.63) is 0 Å². The Balaban J connectivity index is 1.98. The van der Waals surface area contributed by atoms with Gasteiger partial charge in [-0.05, 0) is 19.3 Å². The fourth-order valence-electron chi connectivity index (χ4n) is 3.58. The molecular weight excluding hydrogens is 210 g/mol. The van der Waals surface area contributed by atoms with E-state index in [-0.39, 0.29) is 5.41 Å². The molecular formula is C15H25NO. The number of ether oxygens (including phenoxy) is 1. The molecule has 0 aromatic heterocycles. The monoisotopic (exact) mass is 235 g/mol. The van der Waals surface area contributed by atoms with Gasteiger partial charge in [-0.25, -0.2) is 0 Å². The summed E-state index contributed by atoms with van der Waals surface area (Å²) < 4.78 is 5.92. The Labute approximate surface area is 105 Å². The Morgan fingerprint density at radius 1 is 1.53 bits per heavy atom. The largest absolute Gasteiger partial charge is 0.377 e. The molecule has 1 N–H and O–H groups in total. The summed E-state index contributed by atoms with van der Waals surface area (Å²) in [5.41, 5.74) is 0.257. The molecule has 17 heavy (non-hydrogen) atoms. The highest BCUT2D eigenvalue weighted by Crippen LogP contribution is 2.51. The van der Waals surface area contributed by atoms with E-state index in [9.17, 15) is 0 Å². The van der Waals surface area contributed by atoms with E-state index >= 15 is 0 Å². The molecule has 1 aliphatic carbocycles. The summed E-state index contributed by atoms with van der Waals surface area (Å²) in [5, 5.41) is 3.77. The zero-order valence-corrected chi connectivity index (χ0v) is 11.3. The average molecular weight is 235 g/mol. The second kappa shape index (κ2) is 5.00. The van der Waals surface area contributed by atoms with Gasteiger partial charge in [-0.1, -0.05) is 20.8 Å². The van der Waals surface area contributed by atoms with E-state index in [4.69, 9.17) is 11.2 Å². The van der Waals surface area contributed by atoms with Gasteiger partial charge in [0.2, 0.25) is 0 Å². The predicted molar refractivity (Wildman–Crippen MR) is 70.7 cm³/mol. The third kappa shape index (κ3) is 2.23. The smallest absolute Gasteiger partial charge is 0.0684 e. The minimum Gasteiger partial charge on any atom is -0.377 e. The minimum atomic E-state index is 0.257. The van der Waals surface area contributed by atoms with Crippen LogP contribution in [0.25, 0.3) is 0 Å². The molecule has 2 rings (SSSR count). The average Bonchev–Trinajstić information content (AvgIpc) is 2.34. The molecule has 0 spiro atoms. The zero-order chi connectivity index (χ0) is 12.5. The molecule has 0 aromatic rings. The number of nitrogens with one attached hydrogen (secondary N) is 1. The summed E-state index contributed by atoms with van der Waals surface area (Å²) in [7, 11) is 0. The van der Waals surface area contributed by atoms with Crippen LogP contribution in [0.3, 0.4) is 0 Å². The van der Waals surface area contributed by atoms with Crippen LogP contribution < -0.4 is 5.32 Å². The van der Waals surface area contributed by atoms with Gasteiger partial charge in [-0.3, -0.25) is 0 Å². The highest BCUT2D eigenvalue weighted by atomic mass is 16.5. The molecule has 4 atom stereocenters. The quantitative estimate of drug-likeness (QED) is 0.756. The van der Waals surface area contributed by atoms with Crippen LogP contribution in [-0.4, -0.2) is 24.8 Å². The van der Waals surface area contributed by atoms with Gasteiger partial charge in [0.15, 0.2) is 0 Å². The van der Waals surface area contributed by atoms with Crippen LogP contribution in [0.5, 0.6) is 0 Å². The van der Waals surface area contributed by atoms with Gasteiger partial charge in [0.25, 0.3) is 0 Å². The normalized spacial score (nSPS) is 36.5. The molecule has 0 bridgehead atoms. The molecule has 1 heterocycles. The maximum Gasteiger partial charge on any atom is 0.0684 e. The molecule has 2 heteroatoms. The number of fused-ring (bicyclic) bond motifs is 1. The molecule has 2 fully saturated rings. The summed E-state index contributed by atoms with van der Waals surface area (Å²) in [5.74, 6) is 3.48. The van der Waals surface area contributed by atoms with Gasteiger partial charge >= 0.3 is 0 Å². The van der Waals surface area contributed by atoms with E-state index in [1.54, 1.807) is 0 Å². The Hall–Kier alpha value is -0.520. The highest BCUT2D eigenvalue weighted by Gasteiger charge is 2.57. The first-order valence-corrected chi connectivity index (χ1v) is 6.92. The summed E-state index contributed by atoms with van der Waals surface area (Å²) in [4.78, 5) is 0. The van der Waals surface area contributed by atoms with Crippen molar-refractivity contribution in [2.45, 2.75) is 64.6 Å². The molecule has 0 amide bonds. The summed E-state index contributed by atoms with van der Waals surface area (Å²) in [6.45, 7) is 7.79. The van der Waals surface area contributed by atoms with Crippen LogP contribution >= 0.6 is 0 Å². The van der Waals surface area contributed by atoms with Gasteiger partial charge in [0.1, 0.15) is 0 Å². The summed E-state index contributed by atoms with van der Waals surface area (Å²) in [6.07, 6.45) is 10.3. The first-order chi connectivity index (χ1) is 8.11. The maximum atomic E-state index is 5.92. The number of hydrogen-bond donors (Lipinski definition) is 1. The van der Waals surface area contributed by atoms with Crippen molar-refractivity contribution >= 4 is 0 Å². The number of hydrogen-bond acceptors (Lipinski definition) is 2. The van der Waals surface area contributed by atoms with Crippen LogP contribution in [0.2, 0.25) is 0 Å². The van der Waals surface area contributed by atoms with E-state index in [1.165, 1.54) is 12.8 Å². The Morgan fingerprint density at radius 2 is 2.29 bits per heavy atom. The Morgan fingerprint density at radius 3 is 2.94 bits per heavy atom. The fraction of sp³-hybridized carbons (Fsp3) is 0.867. The summed E-state index contributed by atoms with van der Waals surface area (Å²) in [6, 6.07) is 1.04. The molecule has 1 saturated carbocycles. The van der Waals surface area contributed by atoms with Crippen molar-refractivity contribution < 1.29 is 4.74 Å². The molecule has 2 nitrogen and oxygen atoms in total. The van der Waals surface area contributed by atoms with Gasteiger partial charge in [0, 0.05) is 36.4 Å². The Bertz CT molecular complexity index is 305. The van der Waals surface area contributed by atoms with E-state index in [0.717, 1.165) is 19.4 Å². The van der Waals surface area contributed by atoms with Crippen LogP contribution in [0.4, 0.5) is 0 Å². The predicted octanol–water partition coefficient (Wildman–Crippen LogP) is 2.58. The molecule has 1 saturated heterocycles. The van der Waals surface area contributed by atoms with E-state index < -0.39 is 0 Å². The van der Waals surface area contributed by atoms with Crippen LogP contribution in [0.15, 0.2) is 0 Å². The summed E-state index contributed by atoms with van der Waals surface area (Å²) >= 11 is 0. The molecule has 0 aromatic carbocycles. The standard InChI is InChI=1S/C15H25NO/c1-5-8-11(6-2)16-13-12-9-7-10-17-14(12)15(13,3)4/h1,11-14,16H,6-10H2,2-4H3. The van der Waals surface area contributed by atoms with Crippen LogP contribution in [0, 0.1) is 23.7 Å². The molecule has 96 valence electrons. The zero-order valence-electron chi connectivity index (χ0n) is 11.3. The minimum absolute atomic E-state index is 0.257. The van der Waals surface area contributed by atoms with Crippen molar-refractivity contribution in [2.24, 2.45) is 11.3 Å². The maximum absolute atomic E-state index is 5.92. The fourth-order valence-corrected chi connectivity index (χ4v) is 3.58. The van der Waals surface area contributed by atoms with Crippen molar-refractivity contribution in [1.82, 2.24) is 5.32 Å².